The van der Waals surface area contributed by atoms with E-state index in [1.807, 2.05) is 47.7 Å². The molecule has 0 spiro atoms. The number of halogens is 1. The molecule has 0 bridgehead atoms. The lowest BCUT2D eigenvalue weighted by atomic mass is 10.1. The van der Waals surface area contributed by atoms with Crippen molar-refractivity contribution in [3.8, 4) is 0 Å². The largest absolute Gasteiger partial charge is 0.289 e. The molecule has 0 aliphatic heterocycles. The van der Waals surface area contributed by atoms with E-state index in [0.29, 0.717) is 23.8 Å². The monoisotopic (exact) mass is 409 g/mol. The summed E-state index contributed by atoms with van der Waals surface area (Å²) in [4.78, 5) is 15.1. The molecule has 4 rings (SSSR count). The molecule has 0 unspecified atom stereocenters. The van der Waals surface area contributed by atoms with Crippen LogP contribution >= 0.6 is 11.6 Å². The van der Waals surface area contributed by atoms with Gasteiger partial charge in [-0.3, -0.25) is 18.7 Å². The van der Waals surface area contributed by atoms with Gasteiger partial charge in [0.15, 0.2) is 5.82 Å². The van der Waals surface area contributed by atoms with E-state index in [9.17, 15) is 4.79 Å². The van der Waals surface area contributed by atoms with Gasteiger partial charge >= 0.3 is 0 Å². The lowest BCUT2D eigenvalue weighted by molar-refractivity contribution is 0.198. The SMILES string of the molecule is Cc1ccc2c(c1)c(=O)n(C)c1nnc(CN(Cc3cccc(Cl)c3)C(C)C)n21. The van der Waals surface area contributed by atoms with E-state index in [4.69, 9.17) is 11.6 Å². The van der Waals surface area contributed by atoms with Crippen LogP contribution in [0.4, 0.5) is 0 Å². The van der Waals surface area contributed by atoms with Crippen molar-refractivity contribution in [2.75, 3.05) is 0 Å². The molecule has 0 amide bonds. The molecule has 0 fully saturated rings. The number of aromatic nitrogens is 4. The Labute approximate surface area is 174 Å². The summed E-state index contributed by atoms with van der Waals surface area (Å²) in [5.41, 5.74) is 2.97. The van der Waals surface area contributed by atoms with Crippen LogP contribution in [0.15, 0.2) is 47.3 Å². The molecule has 2 aromatic carbocycles. The van der Waals surface area contributed by atoms with Gasteiger partial charge in [-0.25, -0.2) is 0 Å². The number of aryl methyl sites for hydroxylation is 2. The van der Waals surface area contributed by atoms with Gasteiger partial charge in [-0.15, -0.1) is 10.2 Å². The highest BCUT2D eigenvalue weighted by Gasteiger charge is 2.19. The third kappa shape index (κ3) is 3.66. The summed E-state index contributed by atoms with van der Waals surface area (Å²) >= 11 is 6.16. The number of nitrogens with zero attached hydrogens (tertiary/aromatic N) is 5. The van der Waals surface area contributed by atoms with Crippen molar-refractivity contribution in [2.45, 2.75) is 39.9 Å². The van der Waals surface area contributed by atoms with Crippen molar-refractivity contribution in [3.05, 3.63) is 74.8 Å². The molecule has 2 aromatic heterocycles. The summed E-state index contributed by atoms with van der Waals surface area (Å²) < 4.78 is 3.55. The van der Waals surface area contributed by atoms with Crippen molar-refractivity contribution in [1.82, 2.24) is 24.1 Å². The van der Waals surface area contributed by atoms with Gasteiger partial charge in [0, 0.05) is 24.7 Å². The Morgan fingerprint density at radius 2 is 1.90 bits per heavy atom. The average Bonchev–Trinajstić information content (AvgIpc) is 3.09. The summed E-state index contributed by atoms with van der Waals surface area (Å²) in [6.45, 7) is 7.65. The maximum absolute atomic E-state index is 12.8. The number of hydrogen-bond donors (Lipinski definition) is 0. The van der Waals surface area contributed by atoms with Gasteiger partial charge in [-0.2, -0.15) is 0 Å². The molecular weight excluding hydrogens is 386 g/mol. The molecule has 0 aliphatic carbocycles. The van der Waals surface area contributed by atoms with Gasteiger partial charge < -0.3 is 0 Å². The Kier molecular flexibility index (Phi) is 5.15. The van der Waals surface area contributed by atoms with Crippen LogP contribution in [0.3, 0.4) is 0 Å². The van der Waals surface area contributed by atoms with Crippen LogP contribution in [-0.2, 0) is 20.1 Å². The fraction of sp³-hybridized carbons (Fsp3) is 0.318. The molecule has 0 saturated heterocycles. The van der Waals surface area contributed by atoms with Gasteiger partial charge in [0.2, 0.25) is 5.78 Å². The quantitative estimate of drug-likeness (QED) is 0.500. The summed E-state index contributed by atoms with van der Waals surface area (Å²) in [6.07, 6.45) is 0. The van der Waals surface area contributed by atoms with Crippen molar-refractivity contribution >= 4 is 28.3 Å². The molecular formula is C22H24ClN5O. The lowest BCUT2D eigenvalue weighted by Gasteiger charge is -2.26. The zero-order valence-electron chi connectivity index (χ0n) is 17.1. The van der Waals surface area contributed by atoms with Crippen LogP contribution in [0.1, 0.15) is 30.8 Å². The zero-order valence-corrected chi connectivity index (χ0v) is 17.8. The standard InChI is InChI=1S/C22H24ClN5O/c1-14(2)27(12-16-6-5-7-17(23)11-16)13-20-24-25-22-26(4)21(29)18-10-15(3)8-9-19(18)28(20)22/h5-11,14H,12-13H2,1-4H3. The van der Waals surface area contributed by atoms with Crippen molar-refractivity contribution in [2.24, 2.45) is 7.05 Å². The number of fused-ring (bicyclic) bond motifs is 3. The first kappa shape index (κ1) is 19.6. The third-order valence-electron chi connectivity index (χ3n) is 5.29. The first-order valence-electron chi connectivity index (χ1n) is 9.67. The lowest BCUT2D eigenvalue weighted by Crippen LogP contribution is -2.31. The van der Waals surface area contributed by atoms with Crippen molar-refractivity contribution in [3.63, 3.8) is 0 Å². The molecule has 150 valence electrons. The van der Waals surface area contributed by atoms with E-state index in [-0.39, 0.29) is 5.56 Å². The highest BCUT2D eigenvalue weighted by Crippen LogP contribution is 2.19. The van der Waals surface area contributed by atoms with E-state index < -0.39 is 0 Å². The minimum Gasteiger partial charge on any atom is -0.289 e. The Morgan fingerprint density at radius 1 is 1.10 bits per heavy atom. The first-order valence-corrected chi connectivity index (χ1v) is 10.0. The van der Waals surface area contributed by atoms with Crippen LogP contribution in [0, 0.1) is 6.92 Å². The van der Waals surface area contributed by atoms with Crippen LogP contribution in [0.2, 0.25) is 5.02 Å². The van der Waals surface area contributed by atoms with Crippen LogP contribution in [-0.4, -0.2) is 30.1 Å². The molecule has 29 heavy (non-hydrogen) atoms. The normalized spacial score (nSPS) is 12.0. The number of hydrogen-bond acceptors (Lipinski definition) is 4. The highest BCUT2D eigenvalue weighted by atomic mass is 35.5. The minimum atomic E-state index is -0.0604. The van der Waals surface area contributed by atoms with E-state index in [2.05, 4.69) is 35.0 Å². The third-order valence-corrected chi connectivity index (χ3v) is 5.53. The molecule has 0 N–H and O–H groups in total. The predicted octanol–water partition coefficient (Wildman–Crippen LogP) is 3.95. The van der Waals surface area contributed by atoms with E-state index >= 15 is 0 Å². The summed E-state index contributed by atoms with van der Waals surface area (Å²) in [7, 11) is 1.74. The van der Waals surface area contributed by atoms with Crippen LogP contribution in [0.25, 0.3) is 16.7 Å². The second-order valence-electron chi connectivity index (χ2n) is 7.77. The Balaban J connectivity index is 1.81. The highest BCUT2D eigenvalue weighted by molar-refractivity contribution is 6.30. The maximum atomic E-state index is 12.8. The minimum absolute atomic E-state index is 0.0604. The zero-order chi connectivity index (χ0) is 20.7. The number of rotatable bonds is 5. The second kappa shape index (κ2) is 7.61. The molecule has 0 aliphatic rings. The van der Waals surface area contributed by atoms with E-state index in [1.165, 1.54) is 0 Å². The Morgan fingerprint density at radius 3 is 2.62 bits per heavy atom. The molecule has 7 heteroatoms. The summed E-state index contributed by atoms with van der Waals surface area (Å²) in [5, 5.41) is 10.2. The topological polar surface area (TPSA) is 55.4 Å². The van der Waals surface area contributed by atoms with Gasteiger partial charge in [-0.05, 0) is 50.6 Å². The fourth-order valence-corrected chi connectivity index (χ4v) is 3.85. The van der Waals surface area contributed by atoms with Crippen molar-refractivity contribution < 1.29 is 0 Å². The smallest absolute Gasteiger partial charge is 0.262 e. The summed E-state index contributed by atoms with van der Waals surface area (Å²) in [5.74, 6) is 1.35. The Bertz CT molecular complexity index is 1260. The fourth-order valence-electron chi connectivity index (χ4n) is 3.63. The first-order chi connectivity index (χ1) is 13.8. The molecule has 2 heterocycles. The van der Waals surface area contributed by atoms with Gasteiger partial charge in [0.1, 0.15) is 0 Å². The average molecular weight is 410 g/mol. The molecule has 0 atom stereocenters. The molecule has 0 radical (unpaired) electrons. The van der Waals surface area contributed by atoms with Gasteiger partial charge in [-0.1, -0.05) is 35.4 Å². The Hall–Kier alpha value is -2.70. The van der Waals surface area contributed by atoms with Gasteiger partial charge in [0.25, 0.3) is 5.56 Å². The maximum Gasteiger partial charge on any atom is 0.262 e. The van der Waals surface area contributed by atoms with E-state index in [0.717, 1.165) is 34.0 Å². The van der Waals surface area contributed by atoms with Crippen molar-refractivity contribution in [1.29, 1.82) is 0 Å². The van der Waals surface area contributed by atoms with Crippen LogP contribution < -0.4 is 5.56 Å². The van der Waals surface area contributed by atoms with Gasteiger partial charge in [0.05, 0.1) is 17.4 Å². The molecule has 0 saturated carbocycles. The number of benzene rings is 2. The molecule has 4 aromatic rings. The van der Waals surface area contributed by atoms with E-state index in [1.54, 1.807) is 11.6 Å². The molecule has 6 nitrogen and oxygen atoms in total. The summed E-state index contributed by atoms with van der Waals surface area (Å²) in [6, 6.07) is 14.1. The second-order valence-corrected chi connectivity index (χ2v) is 8.20. The van der Waals surface area contributed by atoms with Crippen LogP contribution in [0.5, 0.6) is 0 Å². The predicted molar refractivity (Wildman–Crippen MR) is 116 cm³/mol.